The molecule has 0 bridgehead atoms. The summed E-state index contributed by atoms with van der Waals surface area (Å²) in [6.07, 6.45) is 10.8. The number of rotatable bonds is 0. The maximum Gasteiger partial charge on any atom is -0.0292 e. The summed E-state index contributed by atoms with van der Waals surface area (Å²) in [4.78, 5) is 0. The van der Waals surface area contributed by atoms with E-state index in [1.54, 1.807) is 25.7 Å². The smallest absolute Gasteiger partial charge is 0.0292 e. The Bertz CT molecular complexity index is 104. The van der Waals surface area contributed by atoms with Crippen LogP contribution in [0.2, 0.25) is 0 Å². The van der Waals surface area contributed by atoms with Crippen LogP contribution in [0.4, 0.5) is 0 Å². The SMILES string of the molecule is CC1CC2(CCCCC2)C1. The molecule has 1 spiro atoms. The lowest BCUT2D eigenvalue weighted by molar-refractivity contribution is 0.0244. The van der Waals surface area contributed by atoms with Gasteiger partial charge in [0.25, 0.3) is 0 Å². The van der Waals surface area contributed by atoms with Crippen LogP contribution >= 0.6 is 0 Å². The van der Waals surface area contributed by atoms with Crippen LogP contribution in [0.3, 0.4) is 0 Å². The van der Waals surface area contributed by atoms with E-state index in [1.807, 2.05) is 0 Å². The predicted molar refractivity (Wildman–Crippen MR) is 43.9 cm³/mol. The third kappa shape index (κ3) is 0.980. The highest BCUT2D eigenvalue weighted by atomic mass is 14.5. The number of hydrogen-bond acceptors (Lipinski definition) is 0. The lowest BCUT2D eigenvalue weighted by Crippen LogP contribution is -2.37. The zero-order valence-electron chi connectivity index (χ0n) is 7.03. The van der Waals surface area contributed by atoms with Crippen molar-refractivity contribution in [1.82, 2.24) is 0 Å². The minimum atomic E-state index is 0.873. The molecule has 2 aliphatic rings. The Morgan fingerprint density at radius 1 is 1.00 bits per heavy atom. The summed E-state index contributed by atoms with van der Waals surface area (Å²) in [5.74, 6) is 1.05. The van der Waals surface area contributed by atoms with Gasteiger partial charge < -0.3 is 0 Å². The molecule has 58 valence electrons. The zero-order chi connectivity index (χ0) is 7.03. The van der Waals surface area contributed by atoms with E-state index in [9.17, 15) is 0 Å². The summed E-state index contributed by atoms with van der Waals surface area (Å²) in [5, 5.41) is 0. The van der Waals surface area contributed by atoms with Crippen molar-refractivity contribution in [2.24, 2.45) is 11.3 Å². The molecule has 2 saturated carbocycles. The van der Waals surface area contributed by atoms with Crippen LogP contribution in [-0.4, -0.2) is 0 Å². The molecule has 0 unspecified atom stereocenters. The summed E-state index contributed by atoms with van der Waals surface area (Å²) < 4.78 is 0. The fourth-order valence-corrected chi connectivity index (χ4v) is 3.13. The first kappa shape index (κ1) is 6.69. The van der Waals surface area contributed by atoms with Crippen molar-refractivity contribution in [3.05, 3.63) is 0 Å². The average molecular weight is 138 g/mol. The molecule has 0 aromatic carbocycles. The standard InChI is InChI=1S/C10H18/c1-9-7-10(8-9)5-3-2-4-6-10/h9H,2-8H2,1H3. The molecule has 0 heterocycles. The summed E-state index contributed by atoms with van der Waals surface area (Å²) in [6, 6.07) is 0. The van der Waals surface area contributed by atoms with Crippen LogP contribution in [0.5, 0.6) is 0 Å². The third-order valence-corrected chi connectivity index (χ3v) is 3.48. The highest BCUT2D eigenvalue weighted by Crippen LogP contribution is 2.54. The molecule has 2 aliphatic carbocycles. The molecule has 2 fully saturated rings. The molecule has 0 amide bonds. The van der Waals surface area contributed by atoms with E-state index in [2.05, 4.69) is 6.92 Å². The second-order valence-electron chi connectivity index (χ2n) is 4.57. The van der Waals surface area contributed by atoms with E-state index in [0.717, 1.165) is 11.3 Å². The molecule has 0 aliphatic heterocycles. The van der Waals surface area contributed by atoms with Gasteiger partial charge in [0.15, 0.2) is 0 Å². The van der Waals surface area contributed by atoms with Crippen molar-refractivity contribution in [3.8, 4) is 0 Å². The van der Waals surface area contributed by atoms with Gasteiger partial charge in [0.1, 0.15) is 0 Å². The first-order valence-electron chi connectivity index (χ1n) is 4.81. The Morgan fingerprint density at radius 2 is 1.60 bits per heavy atom. The van der Waals surface area contributed by atoms with Gasteiger partial charge in [-0.3, -0.25) is 0 Å². The van der Waals surface area contributed by atoms with E-state index in [-0.39, 0.29) is 0 Å². The molecule has 0 nitrogen and oxygen atoms in total. The topological polar surface area (TPSA) is 0 Å². The van der Waals surface area contributed by atoms with Gasteiger partial charge in [-0.2, -0.15) is 0 Å². The van der Waals surface area contributed by atoms with Crippen LogP contribution in [0.1, 0.15) is 51.9 Å². The van der Waals surface area contributed by atoms with E-state index < -0.39 is 0 Å². The van der Waals surface area contributed by atoms with Crippen LogP contribution in [0.15, 0.2) is 0 Å². The quantitative estimate of drug-likeness (QED) is 0.481. The monoisotopic (exact) mass is 138 g/mol. The lowest BCUT2D eigenvalue weighted by Gasteiger charge is -2.49. The van der Waals surface area contributed by atoms with Gasteiger partial charge in [0.05, 0.1) is 0 Å². The summed E-state index contributed by atoms with van der Waals surface area (Å²) in [5.41, 5.74) is 0.873. The molecule has 0 atom stereocenters. The van der Waals surface area contributed by atoms with Gasteiger partial charge in [0.2, 0.25) is 0 Å². The molecule has 0 aromatic heterocycles. The Kier molecular flexibility index (Phi) is 1.51. The fourth-order valence-electron chi connectivity index (χ4n) is 3.13. The minimum Gasteiger partial charge on any atom is -0.0625 e. The van der Waals surface area contributed by atoms with Gasteiger partial charge in [0, 0.05) is 0 Å². The first-order valence-corrected chi connectivity index (χ1v) is 4.81. The fraction of sp³-hybridized carbons (Fsp3) is 1.00. The van der Waals surface area contributed by atoms with E-state index in [0.29, 0.717) is 0 Å². The van der Waals surface area contributed by atoms with Crippen LogP contribution < -0.4 is 0 Å². The molecular weight excluding hydrogens is 120 g/mol. The van der Waals surface area contributed by atoms with E-state index >= 15 is 0 Å². The predicted octanol–water partition coefficient (Wildman–Crippen LogP) is 3.37. The molecule has 0 radical (unpaired) electrons. The molecule has 2 rings (SSSR count). The third-order valence-electron chi connectivity index (χ3n) is 3.48. The van der Waals surface area contributed by atoms with E-state index in [1.165, 1.54) is 19.3 Å². The largest absolute Gasteiger partial charge is 0.0625 e. The maximum atomic E-state index is 2.40. The van der Waals surface area contributed by atoms with E-state index in [4.69, 9.17) is 0 Å². The summed E-state index contributed by atoms with van der Waals surface area (Å²) in [7, 11) is 0. The Labute approximate surface area is 64.0 Å². The van der Waals surface area contributed by atoms with Crippen molar-refractivity contribution in [2.75, 3.05) is 0 Å². The summed E-state index contributed by atoms with van der Waals surface area (Å²) in [6.45, 7) is 2.40. The molecular formula is C10H18. The highest BCUT2D eigenvalue weighted by Gasteiger charge is 2.41. The Balaban J connectivity index is 1.90. The van der Waals surface area contributed by atoms with Crippen molar-refractivity contribution in [1.29, 1.82) is 0 Å². The molecule has 0 saturated heterocycles. The second-order valence-corrected chi connectivity index (χ2v) is 4.57. The van der Waals surface area contributed by atoms with Crippen molar-refractivity contribution >= 4 is 0 Å². The molecule has 10 heavy (non-hydrogen) atoms. The first-order chi connectivity index (χ1) is 4.81. The Morgan fingerprint density at radius 3 is 2.10 bits per heavy atom. The summed E-state index contributed by atoms with van der Waals surface area (Å²) >= 11 is 0. The average Bonchev–Trinajstić information content (AvgIpc) is 1.87. The van der Waals surface area contributed by atoms with Crippen molar-refractivity contribution < 1.29 is 0 Å². The highest BCUT2D eigenvalue weighted by molar-refractivity contribution is 4.93. The van der Waals surface area contributed by atoms with Gasteiger partial charge in [-0.05, 0) is 37.0 Å². The van der Waals surface area contributed by atoms with Crippen LogP contribution in [0, 0.1) is 11.3 Å². The maximum absolute atomic E-state index is 2.40. The molecule has 0 N–H and O–H groups in total. The van der Waals surface area contributed by atoms with Gasteiger partial charge in [-0.1, -0.05) is 26.2 Å². The minimum absolute atomic E-state index is 0.873. The van der Waals surface area contributed by atoms with Crippen molar-refractivity contribution in [3.63, 3.8) is 0 Å². The zero-order valence-corrected chi connectivity index (χ0v) is 7.03. The lowest BCUT2D eigenvalue weighted by atomic mass is 9.56. The molecule has 0 aromatic rings. The van der Waals surface area contributed by atoms with Gasteiger partial charge in [-0.15, -0.1) is 0 Å². The van der Waals surface area contributed by atoms with Crippen LogP contribution in [0.25, 0.3) is 0 Å². The molecule has 0 heteroatoms. The Hall–Kier alpha value is 0. The normalized spacial score (nSPS) is 32.1. The van der Waals surface area contributed by atoms with Gasteiger partial charge in [-0.25, -0.2) is 0 Å². The van der Waals surface area contributed by atoms with Gasteiger partial charge >= 0.3 is 0 Å². The van der Waals surface area contributed by atoms with Crippen LogP contribution in [-0.2, 0) is 0 Å². The van der Waals surface area contributed by atoms with Crippen molar-refractivity contribution in [2.45, 2.75) is 51.9 Å². The second kappa shape index (κ2) is 2.25. The number of hydrogen-bond donors (Lipinski definition) is 0.